The van der Waals surface area contributed by atoms with Crippen LogP contribution in [0.15, 0.2) is 18.2 Å². The lowest BCUT2D eigenvalue weighted by atomic mass is 9.91. The first-order valence-electron chi connectivity index (χ1n) is 7.15. The van der Waals surface area contributed by atoms with E-state index in [1.807, 2.05) is 16.7 Å². The van der Waals surface area contributed by atoms with Crippen LogP contribution < -0.4 is 5.32 Å². The Morgan fingerprint density at radius 1 is 1.30 bits per heavy atom. The lowest BCUT2D eigenvalue weighted by Crippen LogP contribution is -2.47. The maximum absolute atomic E-state index is 12.2. The van der Waals surface area contributed by atoms with Crippen molar-refractivity contribution in [2.75, 3.05) is 0 Å². The van der Waals surface area contributed by atoms with Crippen molar-refractivity contribution in [1.29, 1.82) is 0 Å². The molecule has 1 atom stereocenters. The fourth-order valence-corrected chi connectivity index (χ4v) is 5.62. The highest BCUT2D eigenvalue weighted by molar-refractivity contribution is 6.89. The topological polar surface area (TPSA) is 42.2 Å². The molecule has 3 rings (SSSR count). The van der Waals surface area contributed by atoms with Gasteiger partial charge < -0.3 is 5.11 Å². The largest absolute Gasteiger partial charge is 0.392 e. The Labute approximate surface area is 120 Å². The summed E-state index contributed by atoms with van der Waals surface area (Å²) >= 11 is 0. The fraction of sp³-hybridized carbons (Fsp3) is 0.438. The van der Waals surface area contributed by atoms with Crippen molar-refractivity contribution in [3.63, 3.8) is 0 Å². The van der Waals surface area contributed by atoms with Crippen molar-refractivity contribution in [3.8, 4) is 0 Å². The normalized spacial score (nSPS) is 18.6. The second-order valence-corrected chi connectivity index (χ2v) is 11.8. The average Bonchev–Trinajstić information content (AvgIpc) is 2.65. The highest BCUT2D eigenvalue weighted by atomic mass is 28.3. The van der Waals surface area contributed by atoms with Gasteiger partial charge in [-0.3, -0.25) is 9.36 Å². The number of carbonyl (C=O) groups is 1. The zero-order valence-corrected chi connectivity index (χ0v) is 13.5. The molecule has 1 aromatic carbocycles. The van der Waals surface area contributed by atoms with Gasteiger partial charge in [-0.1, -0.05) is 31.8 Å². The summed E-state index contributed by atoms with van der Waals surface area (Å²) in [7, 11) is -1.68. The van der Waals surface area contributed by atoms with E-state index >= 15 is 0 Å². The van der Waals surface area contributed by atoms with Crippen LogP contribution in [0.2, 0.25) is 19.6 Å². The number of benzene rings is 1. The summed E-state index contributed by atoms with van der Waals surface area (Å²) in [6.07, 6.45) is 1.04. The maximum atomic E-state index is 12.2. The second-order valence-electron chi connectivity index (χ2n) is 6.80. The van der Waals surface area contributed by atoms with Crippen molar-refractivity contribution in [2.45, 2.75) is 45.5 Å². The Balaban J connectivity index is 2.49. The van der Waals surface area contributed by atoms with E-state index < -0.39 is 8.07 Å². The van der Waals surface area contributed by atoms with Gasteiger partial charge in [0.15, 0.2) is 0 Å². The molecule has 20 heavy (non-hydrogen) atoms. The summed E-state index contributed by atoms with van der Waals surface area (Å²) in [6.45, 7) is 8.42. The van der Waals surface area contributed by atoms with Crippen LogP contribution in [0.1, 0.15) is 22.8 Å². The molecule has 0 aliphatic heterocycles. The van der Waals surface area contributed by atoms with E-state index in [0.717, 1.165) is 5.52 Å². The predicted molar refractivity (Wildman–Crippen MR) is 84.6 cm³/mol. The molecule has 3 nitrogen and oxygen atoms in total. The smallest absolute Gasteiger partial charge is 0.227 e. The molecule has 0 spiro atoms. The van der Waals surface area contributed by atoms with Gasteiger partial charge in [0.1, 0.15) is 0 Å². The summed E-state index contributed by atoms with van der Waals surface area (Å²) in [5.41, 5.74) is 3.41. The number of hydrogen-bond acceptors (Lipinski definition) is 2. The molecule has 1 unspecified atom stereocenters. The quantitative estimate of drug-likeness (QED) is 0.818. The molecule has 1 aliphatic rings. The van der Waals surface area contributed by atoms with E-state index in [0.29, 0.717) is 12.8 Å². The molecule has 0 fully saturated rings. The third kappa shape index (κ3) is 1.86. The van der Waals surface area contributed by atoms with Gasteiger partial charge in [-0.25, -0.2) is 0 Å². The van der Waals surface area contributed by atoms with E-state index in [9.17, 15) is 9.90 Å². The molecule has 1 heterocycles. The highest BCUT2D eigenvalue weighted by Gasteiger charge is 2.33. The lowest BCUT2D eigenvalue weighted by molar-refractivity contribution is 0.0944. The van der Waals surface area contributed by atoms with Gasteiger partial charge in [-0.05, 0) is 23.6 Å². The van der Waals surface area contributed by atoms with E-state index in [1.54, 1.807) is 6.92 Å². The molecular weight excluding hydrogens is 266 g/mol. The van der Waals surface area contributed by atoms with Crippen LogP contribution >= 0.6 is 0 Å². The van der Waals surface area contributed by atoms with Crippen LogP contribution in [0, 0.1) is 0 Å². The van der Waals surface area contributed by atoms with Gasteiger partial charge in [0, 0.05) is 24.0 Å². The molecule has 1 aromatic heterocycles. The van der Waals surface area contributed by atoms with Gasteiger partial charge in [0.05, 0.1) is 19.7 Å². The van der Waals surface area contributed by atoms with Crippen LogP contribution in [-0.4, -0.2) is 29.8 Å². The number of aromatic nitrogens is 1. The standard InChI is InChI=1S/C16H21NO2Si/c1-10(18)17-14-7-5-6-11-8-12(19)9-13(15(11)14)16(17)20(2,3)4/h5-7,12,19H,8-9H2,1-4H3. The predicted octanol–water partition coefficient (Wildman–Crippen LogP) is 2.31. The van der Waals surface area contributed by atoms with Crippen LogP contribution in [0.4, 0.5) is 0 Å². The summed E-state index contributed by atoms with van der Waals surface area (Å²) < 4.78 is 1.90. The second kappa shape index (κ2) is 4.30. The SMILES string of the molecule is CC(=O)n1c([Si](C)(C)C)c2c3c(cccc31)CC(O)C2. The zero-order chi connectivity index (χ0) is 14.7. The maximum Gasteiger partial charge on any atom is 0.227 e. The molecule has 0 saturated heterocycles. The van der Waals surface area contributed by atoms with E-state index in [2.05, 4.69) is 25.7 Å². The van der Waals surface area contributed by atoms with Gasteiger partial charge in [-0.15, -0.1) is 0 Å². The molecule has 1 N–H and O–H groups in total. The highest BCUT2D eigenvalue weighted by Crippen LogP contribution is 2.32. The number of hydrogen-bond donors (Lipinski definition) is 1. The molecule has 0 bridgehead atoms. The first-order valence-corrected chi connectivity index (χ1v) is 10.7. The Morgan fingerprint density at radius 3 is 2.60 bits per heavy atom. The Kier molecular flexibility index (Phi) is 2.92. The van der Waals surface area contributed by atoms with Crippen molar-refractivity contribution >= 4 is 30.2 Å². The molecular formula is C16H21NO2Si. The Bertz CT molecular complexity index is 709. The van der Waals surface area contributed by atoms with Crippen LogP contribution in [0.25, 0.3) is 10.9 Å². The summed E-state index contributed by atoms with van der Waals surface area (Å²) in [5.74, 6) is 0.0761. The van der Waals surface area contributed by atoms with E-state index in [4.69, 9.17) is 0 Å². The van der Waals surface area contributed by atoms with Gasteiger partial charge >= 0.3 is 0 Å². The minimum Gasteiger partial charge on any atom is -0.392 e. The summed E-state index contributed by atoms with van der Waals surface area (Å²) in [4.78, 5) is 12.2. The fourth-order valence-electron chi connectivity index (χ4n) is 3.54. The first kappa shape index (κ1) is 13.6. The molecule has 4 heteroatoms. The van der Waals surface area contributed by atoms with Gasteiger partial charge in [-0.2, -0.15) is 0 Å². The number of carbonyl (C=O) groups excluding carboxylic acids is 1. The van der Waals surface area contributed by atoms with Crippen molar-refractivity contribution in [1.82, 2.24) is 4.57 Å². The van der Waals surface area contributed by atoms with E-state index in [1.165, 1.54) is 21.8 Å². The first-order chi connectivity index (χ1) is 9.30. The molecule has 0 radical (unpaired) electrons. The Hall–Kier alpha value is -1.39. The van der Waals surface area contributed by atoms with Gasteiger partial charge in [0.2, 0.25) is 5.91 Å². The lowest BCUT2D eigenvalue weighted by Gasteiger charge is -2.24. The van der Waals surface area contributed by atoms with Crippen molar-refractivity contribution in [2.24, 2.45) is 0 Å². The third-order valence-corrected chi connectivity index (χ3v) is 6.05. The number of rotatable bonds is 1. The van der Waals surface area contributed by atoms with Crippen LogP contribution in [-0.2, 0) is 12.8 Å². The minimum absolute atomic E-state index is 0.0761. The van der Waals surface area contributed by atoms with Crippen molar-refractivity contribution < 1.29 is 9.90 Å². The third-order valence-electron chi connectivity index (χ3n) is 4.10. The van der Waals surface area contributed by atoms with Crippen LogP contribution in [0.3, 0.4) is 0 Å². The molecule has 106 valence electrons. The van der Waals surface area contributed by atoms with Crippen LogP contribution in [0.5, 0.6) is 0 Å². The van der Waals surface area contributed by atoms with E-state index in [-0.39, 0.29) is 12.0 Å². The summed E-state index contributed by atoms with van der Waals surface area (Å²) in [6, 6.07) is 6.10. The minimum atomic E-state index is -1.68. The summed E-state index contributed by atoms with van der Waals surface area (Å²) in [5, 5.41) is 12.6. The molecule has 2 aromatic rings. The Morgan fingerprint density at radius 2 is 2.00 bits per heavy atom. The zero-order valence-electron chi connectivity index (χ0n) is 12.5. The van der Waals surface area contributed by atoms with Gasteiger partial charge in [0.25, 0.3) is 0 Å². The molecule has 1 aliphatic carbocycles. The average molecular weight is 287 g/mol. The number of aliphatic hydroxyl groups excluding tert-OH is 1. The number of aliphatic hydroxyl groups is 1. The molecule has 0 amide bonds. The van der Waals surface area contributed by atoms with Crippen molar-refractivity contribution in [3.05, 3.63) is 29.3 Å². The molecule has 0 saturated carbocycles. The number of nitrogens with zero attached hydrogens (tertiary/aromatic N) is 1. The monoisotopic (exact) mass is 287 g/mol.